The lowest BCUT2D eigenvalue weighted by atomic mass is 10.5. The standard InChI is InChI=1S/C4H5N3/c5-1-4-2-6-3-7-4/h1-2,5H,3H2. The lowest BCUT2D eigenvalue weighted by molar-refractivity contribution is 1.11. The van der Waals surface area contributed by atoms with E-state index < -0.39 is 0 Å². The van der Waals surface area contributed by atoms with E-state index in [2.05, 4.69) is 9.98 Å². The third-order valence-corrected chi connectivity index (χ3v) is 0.706. The highest BCUT2D eigenvalue weighted by Crippen LogP contribution is 1.82. The molecule has 1 rings (SSSR count). The van der Waals surface area contributed by atoms with E-state index in [1.165, 1.54) is 6.21 Å². The Kier molecular flexibility index (Phi) is 0.978. The van der Waals surface area contributed by atoms with Crippen molar-refractivity contribution in [3.8, 4) is 0 Å². The van der Waals surface area contributed by atoms with Crippen LogP contribution < -0.4 is 0 Å². The molecule has 7 heavy (non-hydrogen) atoms. The maximum atomic E-state index is 6.65. The van der Waals surface area contributed by atoms with Gasteiger partial charge in [0.2, 0.25) is 0 Å². The minimum absolute atomic E-state index is 0.505. The molecule has 0 unspecified atom stereocenters. The first kappa shape index (κ1) is 4.18. The van der Waals surface area contributed by atoms with Gasteiger partial charge in [-0.2, -0.15) is 0 Å². The van der Waals surface area contributed by atoms with Crippen molar-refractivity contribution in [2.24, 2.45) is 9.98 Å². The molecule has 0 aromatic carbocycles. The van der Waals surface area contributed by atoms with E-state index in [-0.39, 0.29) is 0 Å². The van der Waals surface area contributed by atoms with Gasteiger partial charge in [0.15, 0.2) is 0 Å². The first-order chi connectivity index (χ1) is 3.43. The van der Waals surface area contributed by atoms with Crippen LogP contribution in [-0.2, 0) is 0 Å². The maximum absolute atomic E-state index is 6.65. The van der Waals surface area contributed by atoms with Gasteiger partial charge in [-0.15, -0.1) is 0 Å². The fourth-order valence-electron chi connectivity index (χ4n) is 0.381. The molecule has 0 bridgehead atoms. The Bertz CT molecular complexity index is 134. The molecule has 1 N–H and O–H groups in total. The molecule has 0 amide bonds. The van der Waals surface area contributed by atoms with Crippen LogP contribution >= 0.6 is 0 Å². The van der Waals surface area contributed by atoms with Crippen molar-refractivity contribution in [2.45, 2.75) is 0 Å². The number of hydrogen-bond donors (Lipinski definition) is 1. The van der Waals surface area contributed by atoms with Crippen LogP contribution in [0, 0.1) is 5.41 Å². The molecule has 0 saturated heterocycles. The number of nitrogens with zero attached hydrogens (tertiary/aromatic N) is 2. The number of nitrogens with one attached hydrogen (secondary N) is 1. The van der Waals surface area contributed by atoms with Gasteiger partial charge in [-0.05, 0) is 0 Å². The smallest absolute Gasteiger partial charge is 0.130 e. The van der Waals surface area contributed by atoms with E-state index in [0.29, 0.717) is 12.4 Å². The van der Waals surface area contributed by atoms with Crippen LogP contribution in [0.1, 0.15) is 0 Å². The van der Waals surface area contributed by atoms with Gasteiger partial charge in [0, 0.05) is 6.21 Å². The molecule has 0 fully saturated rings. The summed E-state index contributed by atoms with van der Waals surface area (Å²) in [6, 6.07) is 0. The number of aliphatic imine (C=N–C) groups is 2. The van der Waals surface area contributed by atoms with Crippen LogP contribution in [0.3, 0.4) is 0 Å². The van der Waals surface area contributed by atoms with Crippen LogP contribution in [0.4, 0.5) is 0 Å². The van der Waals surface area contributed by atoms with E-state index >= 15 is 0 Å². The quantitative estimate of drug-likeness (QED) is 0.450. The minimum atomic E-state index is 0.505. The Morgan fingerprint density at radius 1 is 1.86 bits per heavy atom. The first-order valence-electron chi connectivity index (χ1n) is 1.98. The SMILES string of the molecule is N=CC1=NCN=C1. The van der Waals surface area contributed by atoms with Crippen LogP contribution in [-0.4, -0.2) is 24.8 Å². The second kappa shape index (κ2) is 1.64. The Morgan fingerprint density at radius 2 is 2.71 bits per heavy atom. The summed E-state index contributed by atoms with van der Waals surface area (Å²) in [4.78, 5) is 7.56. The van der Waals surface area contributed by atoms with Crippen LogP contribution in [0.2, 0.25) is 0 Å². The predicted octanol–water partition coefficient (Wildman–Crippen LogP) is 0.119. The molecule has 36 valence electrons. The van der Waals surface area contributed by atoms with E-state index in [0.717, 1.165) is 0 Å². The van der Waals surface area contributed by atoms with Crippen molar-refractivity contribution in [3.63, 3.8) is 0 Å². The number of hydrogen-bond acceptors (Lipinski definition) is 3. The molecule has 3 heteroatoms. The molecule has 0 radical (unpaired) electrons. The summed E-state index contributed by atoms with van der Waals surface area (Å²) in [5.41, 5.74) is 0.667. The number of rotatable bonds is 1. The second-order valence-electron chi connectivity index (χ2n) is 1.18. The van der Waals surface area contributed by atoms with Crippen molar-refractivity contribution in [3.05, 3.63) is 0 Å². The van der Waals surface area contributed by atoms with Crippen molar-refractivity contribution >= 4 is 18.1 Å². The Morgan fingerprint density at radius 3 is 3.00 bits per heavy atom. The maximum Gasteiger partial charge on any atom is 0.130 e. The third-order valence-electron chi connectivity index (χ3n) is 0.706. The first-order valence-corrected chi connectivity index (χ1v) is 1.98. The van der Waals surface area contributed by atoms with Gasteiger partial charge >= 0.3 is 0 Å². The average molecular weight is 95.1 g/mol. The summed E-state index contributed by atoms with van der Waals surface area (Å²) in [6.07, 6.45) is 2.78. The van der Waals surface area contributed by atoms with Crippen LogP contribution in [0.5, 0.6) is 0 Å². The molecule has 0 spiro atoms. The summed E-state index contributed by atoms with van der Waals surface area (Å²) in [5.74, 6) is 0. The van der Waals surface area contributed by atoms with Gasteiger partial charge < -0.3 is 5.41 Å². The zero-order chi connectivity index (χ0) is 5.11. The van der Waals surface area contributed by atoms with E-state index in [9.17, 15) is 0 Å². The molecule has 0 aliphatic carbocycles. The Hall–Kier alpha value is -0.990. The molecule has 1 aliphatic rings. The van der Waals surface area contributed by atoms with Gasteiger partial charge in [0.25, 0.3) is 0 Å². The molecule has 0 aromatic rings. The zero-order valence-electron chi connectivity index (χ0n) is 3.76. The third kappa shape index (κ3) is 0.707. The van der Waals surface area contributed by atoms with Gasteiger partial charge in [-0.25, -0.2) is 0 Å². The lowest BCUT2D eigenvalue weighted by Gasteiger charge is -1.72. The summed E-state index contributed by atoms with van der Waals surface area (Å²) in [5, 5.41) is 6.65. The molecular formula is C4H5N3. The van der Waals surface area contributed by atoms with Crippen molar-refractivity contribution in [1.29, 1.82) is 5.41 Å². The highest BCUT2D eigenvalue weighted by atomic mass is 15.0. The van der Waals surface area contributed by atoms with Crippen molar-refractivity contribution < 1.29 is 0 Å². The molecule has 0 saturated carbocycles. The predicted molar refractivity (Wildman–Crippen MR) is 29.6 cm³/mol. The molecule has 1 heterocycles. The molecular weight excluding hydrogens is 90.1 g/mol. The fourth-order valence-corrected chi connectivity index (χ4v) is 0.381. The molecule has 0 atom stereocenters. The van der Waals surface area contributed by atoms with Gasteiger partial charge in [-0.3, -0.25) is 9.98 Å². The van der Waals surface area contributed by atoms with Gasteiger partial charge in [-0.1, -0.05) is 0 Å². The Labute approximate surface area is 41.3 Å². The zero-order valence-corrected chi connectivity index (χ0v) is 3.76. The van der Waals surface area contributed by atoms with Gasteiger partial charge in [0.1, 0.15) is 6.67 Å². The lowest BCUT2D eigenvalue weighted by Crippen LogP contribution is -1.94. The van der Waals surface area contributed by atoms with E-state index in [4.69, 9.17) is 5.41 Å². The monoisotopic (exact) mass is 95.0 g/mol. The average Bonchev–Trinajstić information content (AvgIpc) is 2.14. The largest absolute Gasteiger partial charge is 0.306 e. The fraction of sp³-hybridized carbons (Fsp3) is 0.250. The second-order valence-corrected chi connectivity index (χ2v) is 1.18. The highest BCUT2D eigenvalue weighted by Gasteiger charge is 1.91. The van der Waals surface area contributed by atoms with Crippen LogP contribution in [0.15, 0.2) is 9.98 Å². The van der Waals surface area contributed by atoms with Crippen molar-refractivity contribution in [1.82, 2.24) is 0 Å². The van der Waals surface area contributed by atoms with Crippen LogP contribution in [0.25, 0.3) is 0 Å². The molecule has 1 aliphatic heterocycles. The van der Waals surface area contributed by atoms with Gasteiger partial charge in [0.05, 0.1) is 11.9 Å². The topological polar surface area (TPSA) is 48.6 Å². The normalized spacial score (nSPS) is 16.9. The summed E-state index contributed by atoms with van der Waals surface area (Å²) < 4.78 is 0. The van der Waals surface area contributed by atoms with E-state index in [1.54, 1.807) is 6.21 Å². The summed E-state index contributed by atoms with van der Waals surface area (Å²) >= 11 is 0. The van der Waals surface area contributed by atoms with E-state index in [1.807, 2.05) is 0 Å². The highest BCUT2D eigenvalue weighted by molar-refractivity contribution is 6.55. The molecule has 3 nitrogen and oxygen atoms in total. The molecule has 0 aromatic heterocycles. The van der Waals surface area contributed by atoms with Crippen molar-refractivity contribution in [2.75, 3.05) is 6.67 Å². The summed E-state index contributed by atoms with van der Waals surface area (Å²) in [7, 11) is 0. The summed E-state index contributed by atoms with van der Waals surface area (Å²) in [6.45, 7) is 0.505. The minimum Gasteiger partial charge on any atom is -0.306 e. The Balaban J connectivity index is 2.69.